The van der Waals surface area contributed by atoms with Gasteiger partial charge < -0.3 is 4.90 Å². The molecule has 0 saturated heterocycles. The Kier molecular flexibility index (Phi) is 6.73. The fourth-order valence-electron chi connectivity index (χ4n) is 0.955. The summed E-state index contributed by atoms with van der Waals surface area (Å²) < 4.78 is 22.2. The van der Waals surface area contributed by atoms with Crippen molar-refractivity contribution in [2.24, 2.45) is 0 Å². The van der Waals surface area contributed by atoms with E-state index in [0.29, 0.717) is 12.3 Å². The Labute approximate surface area is 86.0 Å². The topological polar surface area (TPSA) is 37.4 Å². The lowest BCUT2D eigenvalue weighted by atomic mass is 10.4. The van der Waals surface area contributed by atoms with Gasteiger partial charge in [-0.25, -0.2) is 8.42 Å². The Bertz CT molecular complexity index is 216. The van der Waals surface area contributed by atoms with E-state index in [9.17, 15) is 8.42 Å². The van der Waals surface area contributed by atoms with Gasteiger partial charge in [-0.3, -0.25) is 0 Å². The predicted molar refractivity (Wildman–Crippen MR) is 57.2 cm³/mol. The Morgan fingerprint density at radius 3 is 2.38 bits per heavy atom. The average molecular weight is 228 g/mol. The number of alkyl halides is 1. The maximum atomic E-state index is 11.1. The Hall–Kier alpha value is 0.200. The summed E-state index contributed by atoms with van der Waals surface area (Å²) in [5.41, 5.74) is 0. The zero-order valence-corrected chi connectivity index (χ0v) is 9.86. The van der Waals surface area contributed by atoms with Crippen LogP contribution in [-0.4, -0.2) is 50.8 Å². The van der Waals surface area contributed by atoms with Gasteiger partial charge in [0.15, 0.2) is 0 Å². The lowest BCUT2D eigenvalue weighted by Crippen LogP contribution is -2.24. The van der Waals surface area contributed by atoms with Crippen LogP contribution < -0.4 is 0 Å². The van der Waals surface area contributed by atoms with Gasteiger partial charge in [-0.05, 0) is 20.0 Å². The monoisotopic (exact) mass is 227 g/mol. The van der Waals surface area contributed by atoms with Crippen LogP contribution in [0.5, 0.6) is 0 Å². The summed E-state index contributed by atoms with van der Waals surface area (Å²) >= 11 is 5.53. The van der Waals surface area contributed by atoms with Gasteiger partial charge in [-0.2, -0.15) is 0 Å². The number of rotatable bonds is 7. The van der Waals surface area contributed by atoms with E-state index in [1.165, 1.54) is 0 Å². The first-order chi connectivity index (χ1) is 6.02. The molecule has 0 spiro atoms. The molecule has 0 bridgehead atoms. The number of hydrogen-bond donors (Lipinski definition) is 0. The van der Waals surface area contributed by atoms with Crippen LogP contribution in [0.1, 0.15) is 13.3 Å². The summed E-state index contributed by atoms with van der Waals surface area (Å²) in [5.74, 6) is 1.12. The normalized spacial score (nSPS) is 12.3. The smallest absolute Gasteiger partial charge is 0.150 e. The molecular weight excluding hydrogens is 210 g/mol. The zero-order valence-electron chi connectivity index (χ0n) is 8.29. The minimum Gasteiger partial charge on any atom is -0.305 e. The van der Waals surface area contributed by atoms with Gasteiger partial charge in [0.1, 0.15) is 9.84 Å². The second-order valence-corrected chi connectivity index (χ2v) is 5.93. The molecule has 5 heteroatoms. The van der Waals surface area contributed by atoms with Crippen molar-refractivity contribution in [2.75, 3.05) is 37.5 Å². The van der Waals surface area contributed by atoms with E-state index >= 15 is 0 Å². The molecule has 0 rings (SSSR count). The highest BCUT2D eigenvalue weighted by molar-refractivity contribution is 7.91. The molecule has 0 N–H and O–H groups in total. The maximum Gasteiger partial charge on any atom is 0.150 e. The van der Waals surface area contributed by atoms with E-state index in [-0.39, 0.29) is 11.5 Å². The summed E-state index contributed by atoms with van der Waals surface area (Å²) in [6.45, 7) is 3.29. The lowest BCUT2D eigenvalue weighted by Gasteiger charge is -2.13. The molecule has 0 aliphatic rings. The van der Waals surface area contributed by atoms with Crippen LogP contribution >= 0.6 is 11.6 Å². The van der Waals surface area contributed by atoms with E-state index in [2.05, 4.69) is 0 Å². The second-order valence-electron chi connectivity index (χ2n) is 3.08. The first kappa shape index (κ1) is 13.2. The van der Waals surface area contributed by atoms with Crippen LogP contribution in [-0.2, 0) is 9.84 Å². The molecule has 0 aromatic heterocycles. The number of nitrogens with zero attached hydrogens (tertiary/aromatic N) is 1. The molecule has 0 saturated carbocycles. The summed E-state index contributed by atoms with van der Waals surface area (Å²) in [7, 11) is -0.844. The largest absolute Gasteiger partial charge is 0.305 e. The van der Waals surface area contributed by atoms with Gasteiger partial charge in [-0.1, -0.05) is 6.92 Å². The van der Waals surface area contributed by atoms with Crippen LogP contribution in [0.4, 0.5) is 0 Å². The fraction of sp³-hybridized carbons (Fsp3) is 1.00. The van der Waals surface area contributed by atoms with E-state index in [0.717, 1.165) is 13.1 Å². The minimum atomic E-state index is -2.79. The van der Waals surface area contributed by atoms with Crippen molar-refractivity contribution in [3.8, 4) is 0 Å². The van der Waals surface area contributed by atoms with Gasteiger partial charge in [0, 0.05) is 18.2 Å². The van der Waals surface area contributed by atoms with Gasteiger partial charge in [0.2, 0.25) is 0 Å². The third-order valence-corrected chi connectivity index (χ3v) is 3.86. The summed E-state index contributed by atoms with van der Waals surface area (Å²) in [5, 5.41) is 0. The van der Waals surface area contributed by atoms with Gasteiger partial charge in [-0.15, -0.1) is 11.6 Å². The van der Waals surface area contributed by atoms with Gasteiger partial charge in [0.05, 0.1) is 5.75 Å². The van der Waals surface area contributed by atoms with Crippen molar-refractivity contribution in [3.63, 3.8) is 0 Å². The zero-order chi connectivity index (χ0) is 10.3. The third kappa shape index (κ3) is 7.28. The predicted octanol–water partition coefficient (Wildman–Crippen LogP) is 0.982. The molecule has 0 atom stereocenters. The van der Waals surface area contributed by atoms with E-state index in [4.69, 9.17) is 11.6 Å². The van der Waals surface area contributed by atoms with Crippen molar-refractivity contribution in [1.29, 1.82) is 0 Å². The first-order valence-electron chi connectivity index (χ1n) is 4.46. The summed E-state index contributed by atoms with van der Waals surface area (Å²) in [4.78, 5) is 2.04. The molecule has 80 valence electrons. The quantitative estimate of drug-likeness (QED) is 0.609. The van der Waals surface area contributed by atoms with Gasteiger partial charge >= 0.3 is 0 Å². The van der Waals surface area contributed by atoms with Crippen LogP contribution in [0.2, 0.25) is 0 Å². The minimum absolute atomic E-state index is 0.242. The molecule has 0 aromatic carbocycles. The van der Waals surface area contributed by atoms with Gasteiger partial charge in [0.25, 0.3) is 0 Å². The highest BCUT2D eigenvalue weighted by Gasteiger charge is 2.07. The Balaban J connectivity index is 3.56. The number of sulfone groups is 1. The second kappa shape index (κ2) is 6.62. The molecule has 0 radical (unpaired) electrons. The molecule has 0 aromatic rings. The van der Waals surface area contributed by atoms with Crippen molar-refractivity contribution in [2.45, 2.75) is 13.3 Å². The van der Waals surface area contributed by atoms with Crippen molar-refractivity contribution >= 4 is 21.4 Å². The third-order valence-electron chi connectivity index (χ3n) is 1.90. The standard InChI is InChI=1S/C8H18ClNO2S/c1-3-13(11,12)8-4-6-10(2)7-5-9/h3-8H2,1-2H3. The Morgan fingerprint density at radius 1 is 1.31 bits per heavy atom. The van der Waals surface area contributed by atoms with E-state index in [1.54, 1.807) is 6.92 Å². The molecule has 0 aliphatic heterocycles. The molecule has 0 heterocycles. The van der Waals surface area contributed by atoms with Crippen LogP contribution in [0.15, 0.2) is 0 Å². The molecular formula is C8H18ClNO2S. The maximum absolute atomic E-state index is 11.1. The molecule has 13 heavy (non-hydrogen) atoms. The molecule has 3 nitrogen and oxygen atoms in total. The highest BCUT2D eigenvalue weighted by atomic mass is 35.5. The SMILES string of the molecule is CCS(=O)(=O)CCCN(C)CCCl. The van der Waals surface area contributed by atoms with E-state index in [1.807, 2.05) is 11.9 Å². The van der Waals surface area contributed by atoms with Crippen molar-refractivity contribution < 1.29 is 8.42 Å². The fourth-order valence-corrected chi connectivity index (χ4v) is 2.10. The van der Waals surface area contributed by atoms with Crippen molar-refractivity contribution in [3.05, 3.63) is 0 Å². The molecule has 0 aliphatic carbocycles. The van der Waals surface area contributed by atoms with Crippen LogP contribution in [0.25, 0.3) is 0 Å². The average Bonchev–Trinajstić information content (AvgIpc) is 2.05. The Morgan fingerprint density at radius 2 is 1.92 bits per heavy atom. The highest BCUT2D eigenvalue weighted by Crippen LogP contribution is 1.95. The van der Waals surface area contributed by atoms with E-state index < -0.39 is 9.84 Å². The lowest BCUT2D eigenvalue weighted by molar-refractivity contribution is 0.355. The number of halogens is 1. The van der Waals surface area contributed by atoms with Crippen LogP contribution in [0.3, 0.4) is 0 Å². The van der Waals surface area contributed by atoms with Crippen molar-refractivity contribution in [1.82, 2.24) is 4.90 Å². The summed E-state index contributed by atoms with van der Waals surface area (Å²) in [6, 6.07) is 0. The molecule has 0 amide bonds. The first-order valence-corrected chi connectivity index (χ1v) is 6.82. The summed E-state index contributed by atoms with van der Waals surface area (Å²) in [6.07, 6.45) is 0.698. The van der Waals surface area contributed by atoms with Crippen LogP contribution in [0, 0.1) is 0 Å². The molecule has 0 unspecified atom stereocenters. The number of hydrogen-bond acceptors (Lipinski definition) is 3. The molecule has 0 fully saturated rings.